The van der Waals surface area contributed by atoms with Crippen molar-refractivity contribution in [3.8, 4) is 11.5 Å². The molecule has 17 heteroatoms. The predicted molar refractivity (Wildman–Crippen MR) is 208 cm³/mol. The van der Waals surface area contributed by atoms with Gasteiger partial charge in [-0.1, -0.05) is 12.1 Å². The number of likely N-dealkylation sites (tertiary alicyclic amines) is 1. The molecule has 6 aliphatic rings. The summed E-state index contributed by atoms with van der Waals surface area (Å²) >= 11 is 0. The second kappa shape index (κ2) is 21.1. The first-order chi connectivity index (χ1) is 26.5. The molecule has 15 nitrogen and oxygen atoms in total. The Morgan fingerprint density at radius 3 is 1.50 bits per heavy atom. The first kappa shape index (κ1) is 48.8. The third-order valence-electron chi connectivity index (χ3n) is 11.2. The molecule has 0 bridgehead atoms. The number of esters is 5. The van der Waals surface area contributed by atoms with Gasteiger partial charge in [-0.05, 0) is 85.0 Å². The van der Waals surface area contributed by atoms with Crippen molar-refractivity contribution in [3.63, 3.8) is 0 Å². The molecule has 2 saturated carbocycles. The van der Waals surface area contributed by atoms with Crippen LogP contribution in [0.4, 0.5) is 0 Å². The van der Waals surface area contributed by atoms with Crippen LogP contribution in [0.5, 0.6) is 11.5 Å². The molecule has 2 saturated heterocycles. The number of aromatic hydroxyl groups is 2. The zero-order valence-electron chi connectivity index (χ0n) is 34.0. The Bertz CT molecular complexity index is 1780. The van der Waals surface area contributed by atoms with Gasteiger partial charge in [0.25, 0.3) is 0 Å². The van der Waals surface area contributed by atoms with Gasteiger partial charge in [0.1, 0.15) is 17.3 Å². The number of hydrogen-bond donors (Lipinski definition) is 3. The van der Waals surface area contributed by atoms with E-state index >= 15 is 0 Å². The Hall–Kier alpha value is -3.54. The number of phenols is 2. The van der Waals surface area contributed by atoms with Gasteiger partial charge in [-0.2, -0.15) is 0 Å². The fourth-order valence-corrected chi connectivity index (χ4v) is 8.21. The minimum atomic E-state index is -1.59. The Kier molecular flexibility index (Phi) is 17.8. The zero-order chi connectivity index (χ0) is 40.8. The molecule has 8 rings (SSSR count). The fraction of sp³-hybridized carbons (Fsp3) is 0.561. The Morgan fingerprint density at radius 1 is 0.690 bits per heavy atom. The third-order valence-corrected chi connectivity index (χ3v) is 11.2. The van der Waals surface area contributed by atoms with Gasteiger partial charge >= 0.3 is 65.9 Å². The molecule has 3 N–H and O–H groups in total. The summed E-state index contributed by atoms with van der Waals surface area (Å²) in [4.78, 5) is 66.1. The van der Waals surface area contributed by atoms with Crippen LogP contribution in [-0.4, -0.2) is 104 Å². The molecule has 4 fully saturated rings. The molecule has 0 unspecified atom stereocenters. The van der Waals surface area contributed by atoms with Crippen LogP contribution >= 0.6 is 17.0 Å². The molecule has 2 aromatic rings. The van der Waals surface area contributed by atoms with E-state index in [1.807, 2.05) is 12.1 Å². The first-order valence-electron chi connectivity index (χ1n) is 18.8. The average Bonchev–Trinajstić information content (AvgIpc) is 3.65. The van der Waals surface area contributed by atoms with Crippen molar-refractivity contribution >= 4 is 52.6 Å². The topological polar surface area (TPSA) is 204 Å². The zero-order valence-corrected chi connectivity index (χ0v) is 37.7. The summed E-state index contributed by atoms with van der Waals surface area (Å²) in [6.07, 6.45) is 7.22. The van der Waals surface area contributed by atoms with Gasteiger partial charge in [0.2, 0.25) is 0 Å². The Labute approximate surface area is 370 Å². The fourth-order valence-electron chi connectivity index (χ4n) is 8.21. The number of carbonyl (C=O) groups excluding carboxylic acids is 6. The van der Waals surface area contributed by atoms with Crippen LogP contribution in [0.1, 0.15) is 68.7 Å². The maximum Gasteiger partial charge on any atom is 1.00 e. The van der Waals surface area contributed by atoms with Gasteiger partial charge < -0.3 is 39.2 Å². The van der Waals surface area contributed by atoms with E-state index in [2.05, 4.69) is 41.3 Å². The van der Waals surface area contributed by atoms with Crippen molar-refractivity contribution in [3.05, 3.63) is 58.7 Å². The van der Waals surface area contributed by atoms with Gasteiger partial charge in [-0.3, -0.25) is 33.7 Å². The molecule has 58 heavy (non-hydrogen) atoms. The van der Waals surface area contributed by atoms with Gasteiger partial charge in [0.05, 0.1) is 26.1 Å². The molecule has 2 aliphatic heterocycles. The van der Waals surface area contributed by atoms with E-state index in [0.717, 1.165) is 79.1 Å². The van der Waals surface area contributed by atoms with Gasteiger partial charge in [0, 0.05) is 76.7 Å². The second-order valence-corrected chi connectivity index (χ2v) is 15.8. The summed E-state index contributed by atoms with van der Waals surface area (Å²) in [6, 6.07) is 12.1. The molecule has 312 valence electrons. The number of Topliss-reactive ketones (excluding diaryl/α,β-unsaturated/α-hetero) is 1. The quantitative estimate of drug-likeness (QED) is 0.157. The molecule has 0 radical (unpaired) electrons. The average molecular weight is 885 g/mol. The first-order valence-corrected chi connectivity index (χ1v) is 18.8. The number of halogens is 1. The SMILES string of the molecule is Br.CC(=O)OC(OC(C)=O)OC(C)=O.COC(=O)C1CC(=O)C1.COC(=O)C1CC(N2CC3(Cc4ccc(O)cc4C3)C2)C1.Oc1ccc2c(c1)CC1(CNC1)C2.[Na+]. The number of nitrogens with one attached hydrogen (secondary N) is 1. The number of ketones is 1. The number of hydrogen-bond acceptors (Lipinski definition) is 15. The largest absolute Gasteiger partial charge is 1.00 e. The van der Waals surface area contributed by atoms with Crippen LogP contribution in [0.25, 0.3) is 0 Å². The Morgan fingerprint density at radius 2 is 1.10 bits per heavy atom. The third kappa shape index (κ3) is 12.7. The van der Waals surface area contributed by atoms with E-state index in [1.54, 1.807) is 12.1 Å². The van der Waals surface area contributed by atoms with Crippen molar-refractivity contribution in [2.45, 2.75) is 84.7 Å². The van der Waals surface area contributed by atoms with Crippen LogP contribution in [0.2, 0.25) is 0 Å². The van der Waals surface area contributed by atoms with Crippen LogP contribution in [0, 0.1) is 22.7 Å². The second-order valence-electron chi connectivity index (χ2n) is 15.8. The van der Waals surface area contributed by atoms with Crippen molar-refractivity contribution in [2.24, 2.45) is 22.7 Å². The number of rotatable bonds is 6. The molecule has 2 spiro atoms. The minimum absolute atomic E-state index is 0. The van der Waals surface area contributed by atoms with Crippen LogP contribution in [0.15, 0.2) is 36.4 Å². The van der Waals surface area contributed by atoms with Crippen LogP contribution in [-0.2, 0) is 78.1 Å². The summed E-state index contributed by atoms with van der Waals surface area (Å²) in [5, 5.41) is 22.3. The number of benzene rings is 2. The molecule has 0 amide bonds. The number of fused-ring (bicyclic) bond motifs is 2. The molecule has 2 heterocycles. The maximum absolute atomic E-state index is 11.4. The van der Waals surface area contributed by atoms with E-state index in [1.165, 1.54) is 42.9 Å². The molecule has 4 aliphatic carbocycles. The number of phenolic OH excluding ortho intramolecular Hbond substituents is 2. The smallest absolute Gasteiger partial charge is 0.508 e. The number of carbonyl (C=O) groups is 6. The maximum atomic E-state index is 11.4. The van der Waals surface area contributed by atoms with E-state index in [9.17, 15) is 39.0 Å². The standard InChI is InChI=1S/C17H21NO3.C11H13NO.C7H10O6.C6H8O3.BrH.Na/c1-21-16(20)12-4-14(5-12)18-9-17(10-18)7-11-2-3-15(19)6-13(11)8-17;13-10-2-1-8-4-11(6-12-7-11)5-9(8)3-10;1-4(8)11-7(12-5(2)9)13-6(3)10;1-9-6(8)4-2-5(7)3-4;;/h2-3,6,12,14,19H,4-5,7-10H2,1H3;1-3,12-13H,4-7H2;7H,1-3H3;4H,2-3H2,1H3;1H;/q;;;;;+1. The van der Waals surface area contributed by atoms with E-state index in [-0.39, 0.29) is 76.1 Å². The molecule has 0 aromatic heterocycles. The molecule has 0 atom stereocenters. The van der Waals surface area contributed by atoms with E-state index in [0.29, 0.717) is 41.2 Å². The summed E-state index contributed by atoms with van der Waals surface area (Å²) in [5.41, 5.74) is 6.37. The van der Waals surface area contributed by atoms with Gasteiger partial charge in [0.15, 0.2) is 0 Å². The van der Waals surface area contributed by atoms with Crippen LogP contribution < -0.4 is 34.9 Å². The van der Waals surface area contributed by atoms with Crippen molar-refractivity contribution in [2.75, 3.05) is 40.4 Å². The minimum Gasteiger partial charge on any atom is -0.508 e. The van der Waals surface area contributed by atoms with Crippen molar-refractivity contribution < 1.29 is 92.2 Å². The molecule has 2 aromatic carbocycles. The number of ether oxygens (including phenoxy) is 5. The molecular weight excluding hydrogens is 831 g/mol. The number of nitrogens with zero attached hydrogens (tertiary/aromatic N) is 1. The van der Waals surface area contributed by atoms with E-state index in [4.69, 9.17) is 4.74 Å². The monoisotopic (exact) mass is 883 g/mol. The van der Waals surface area contributed by atoms with Gasteiger partial charge in [-0.25, -0.2) is 0 Å². The van der Waals surface area contributed by atoms with Crippen molar-refractivity contribution in [1.29, 1.82) is 0 Å². The number of methoxy groups -OCH3 is 2. The van der Waals surface area contributed by atoms with Gasteiger partial charge in [-0.15, -0.1) is 17.0 Å². The van der Waals surface area contributed by atoms with Crippen molar-refractivity contribution in [1.82, 2.24) is 10.2 Å². The predicted octanol–water partition coefficient (Wildman–Crippen LogP) is 0.505. The summed E-state index contributed by atoms with van der Waals surface area (Å²) in [6.45, 7) is 6.24. The Balaban J connectivity index is 0.000000215. The molecular formula is C41H53BrN2NaO13+. The normalized spacial score (nSPS) is 20.8. The van der Waals surface area contributed by atoms with Crippen LogP contribution in [0.3, 0.4) is 0 Å². The summed E-state index contributed by atoms with van der Waals surface area (Å²) < 4.78 is 22.3. The summed E-state index contributed by atoms with van der Waals surface area (Å²) in [7, 11) is 2.81. The summed E-state index contributed by atoms with van der Waals surface area (Å²) in [5.74, 6) is -1.53. The van der Waals surface area contributed by atoms with E-state index < -0.39 is 24.4 Å².